The third kappa shape index (κ3) is 3.42. The molecule has 0 spiro atoms. The van der Waals surface area contributed by atoms with E-state index in [4.69, 9.17) is 0 Å². The largest absolute Gasteiger partial charge is 0.714 e. The Morgan fingerprint density at radius 2 is 1.50 bits per heavy atom. The Morgan fingerprint density at radius 1 is 1.33 bits per heavy atom. The van der Waals surface area contributed by atoms with E-state index in [1.165, 1.54) is 0 Å². The first kappa shape index (κ1) is 10.3. The van der Waals surface area contributed by atoms with E-state index in [9.17, 15) is 0 Å². The van der Waals surface area contributed by atoms with E-state index >= 15 is 0 Å². The average molecular weight is 290 g/mol. The van der Waals surface area contributed by atoms with Crippen molar-refractivity contribution in [3.05, 3.63) is 11.7 Å². The standard InChI is InChI=1S/C3H5N.V.W/c1-2-4-3-1;;/h1H,2-3H2;;/q-2;;. The fourth-order valence-electron chi connectivity index (χ4n) is 0.129. The predicted molar refractivity (Wildman–Crippen MR) is 17.4 cm³/mol. The summed E-state index contributed by atoms with van der Waals surface area (Å²) < 4.78 is 0. The molecular weight excluding hydrogens is 285 g/mol. The molecule has 0 aliphatic carbocycles. The molecule has 0 aromatic carbocycles. The zero-order valence-corrected chi connectivity index (χ0v) is 7.62. The Labute approximate surface area is 64.4 Å². The zero-order valence-electron chi connectivity index (χ0n) is 3.29. The minimum atomic E-state index is 0. The molecule has 1 nitrogen and oxygen atoms in total. The fraction of sp³-hybridized carbons (Fsp3) is 0.667. The maximum Gasteiger partial charge on any atom is 0 e. The Balaban J connectivity index is 0. The van der Waals surface area contributed by atoms with Gasteiger partial charge in [0.15, 0.2) is 0 Å². The van der Waals surface area contributed by atoms with Gasteiger partial charge in [-0.15, -0.1) is 0 Å². The molecule has 0 atom stereocenters. The first-order chi connectivity index (χ1) is 2.00. The van der Waals surface area contributed by atoms with Gasteiger partial charge in [0.2, 0.25) is 0 Å². The molecule has 1 aliphatic rings. The zero-order chi connectivity index (χ0) is 2.83. The van der Waals surface area contributed by atoms with Gasteiger partial charge < -0.3 is 11.7 Å². The summed E-state index contributed by atoms with van der Waals surface area (Å²) in [5.41, 5.74) is 0. The van der Waals surface area contributed by atoms with Gasteiger partial charge in [-0.25, -0.2) is 0 Å². The van der Waals surface area contributed by atoms with Crippen molar-refractivity contribution >= 4 is 0 Å². The van der Waals surface area contributed by atoms with Crippen molar-refractivity contribution in [3.63, 3.8) is 0 Å². The van der Waals surface area contributed by atoms with Crippen LogP contribution in [0.1, 0.15) is 0 Å². The van der Waals surface area contributed by atoms with Crippen LogP contribution in [0.2, 0.25) is 0 Å². The third-order valence-electron chi connectivity index (χ3n) is 0.516. The Kier molecular flexibility index (Phi) is 10.7. The second kappa shape index (κ2) is 6.23. The summed E-state index contributed by atoms with van der Waals surface area (Å²) in [5, 5.41) is 3.86. The molecule has 0 aromatic rings. The van der Waals surface area contributed by atoms with E-state index in [0.29, 0.717) is 0 Å². The van der Waals surface area contributed by atoms with Gasteiger partial charge in [-0.2, -0.15) is 0 Å². The van der Waals surface area contributed by atoms with Crippen LogP contribution in [0, 0.1) is 6.42 Å². The molecule has 1 aliphatic heterocycles. The van der Waals surface area contributed by atoms with Crippen molar-refractivity contribution in [1.29, 1.82) is 0 Å². The molecule has 0 N–H and O–H groups in total. The van der Waals surface area contributed by atoms with Gasteiger partial charge >= 0.3 is 0 Å². The van der Waals surface area contributed by atoms with Crippen LogP contribution in [0.25, 0.3) is 5.32 Å². The van der Waals surface area contributed by atoms with Gasteiger partial charge in [0.05, 0.1) is 0 Å². The summed E-state index contributed by atoms with van der Waals surface area (Å²) in [6.07, 6.45) is 2.14. The Morgan fingerprint density at radius 3 is 1.50 bits per heavy atom. The van der Waals surface area contributed by atoms with Crippen LogP contribution in [-0.4, -0.2) is 13.1 Å². The summed E-state index contributed by atoms with van der Waals surface area (Å²) in [7, 11) is 0. The van der Waals surface area contributed by atoms with Gasteiger partial charge in [-0.1, -0.05) is 0 Å². The van der Waals surface area contributed by atoms with E-state index in [2.05, 4.69) is 11.7 Å². The van der Waals surface area contributed by atoms with Gasteiger partial charge in [0.1, 0.15) is 0 Å². The SMILES string of the molecule is [CH-]1C[N-]C1.[V].[W]. The van der Waals surface area contributed by atoms with Crippen molar-refractivity contribution in [2.45, 2.75) is 0 Å². The van der Waals surface area contributed by atoms with Gasteiger partial charge in [0.25, 0.3) is 0 Å². The topological polar surface area (TPSA) is 14.1 Å². The number of rotatable bonds is 0. The summed E-state index contributed by atoms with van der Waals surface area (Å²) in [5.74, 6) is 0. The summed E-state index contributed by atoms with van der Waals surface area (Å²) in [6.45, 7) is 2.00. The molecule has 0 bridgehead atoms. The molecule has 35 valence electrons. The van der Waals surface area contributed by atoms with Crippen LogP contribution in [-0.2, 0) is 39.6 Å². The maximum absolute atomic E-state index is 3.86. The molecule has 0 saturated carbocycles. The van der Waals surface area contributed by atoms with E-state index in [-0.39, 0.29) is 39.6 Å². The minimum absolute atomic E-state index is 0. The van der Waals surface area contributed by atoms with Crippen LogP contribution >= 0.6 is 0 Å². The summed E-state index contributed by atoms with van der Waals surface area (Å²) in [6, 6.07) is 0. The van der Waals surface area contributed by atoms with E-state index in [1.54, 1.807) is 0 Å². The van der Waals surface area contributed by atoms with E-state index in [0.717, 1.165) is 13.1 Å². The van der Waals surface area contributed by atoms with Gasteiger partial charge in [0, 0.05) is 39.6 Å². The molecule has 1 heterocycles. The van der Waals surface area contributed by atoms with E-state index in [1.807, 2.05) is 0 Å². The number of hydrogen-bond donors (Lipinski definition) is 0. The predicted octanol–water partition coefficient (Wildman–Crippen LogP) is 0.573. The van der Waals surface area contributed by atoms with E-state index < -0.39 is 0 Å². The molecule has 3 heteroatoms. The van der Waals surface area contributed by atoms with Crippen LogP contribution in [0.4, 0.5) is 0 Å². The molecule has 1 fully saturated rings. The van der Waals surface area contributed by atoms with Crippen LogP contribution in [0.15, 0.2) is 0 Å². The molecular formula is C3H5NVW-2. The Hall–Kier alpha value is 1.23. The van der Waals surface area contributed by atoms with Gasteiger partial charge in [-0.3, -0.25) is 13.1 Å². The van der Waals surface area contributed by atoms with Gasteiger partial charge in [-0.05, 0) is 0 Å². The monoisotopic (exact) mass is 290 g/mol. The smallest absolute Gasteiger partial charge is 0 e. The molecule has 1 radical (unpaired) electrons. The molecule has 0 unspecified atom stereocenters. The number of nitrogens with zero attached hydrogens (tertiary/aromatic N) is 1. The summed E-state index contributed by atoms with van der Waals surface area (Å²) >= 11 is 0. The normalized spacial score (nSPS) is 16.0. The van der Waals surface area contributed by atoms with Crippen molar-refractivity contribution in [2.24, 2.45) is 0 Å². The maximum atomic E-state index is 3.86. The molecule has 1 saturated heterocycles. The molecule has 1 rings (SSSR count). The fourth-order valence-corrected chi connectivity index (χ4v) is 0.129. The van der Waals surface area contributed by atoms with Crippen molar-refractivity contribution < 1.29 is 39.6 Å². The molecule has 0 aromatic heterocycles. The number of hydrogen-bond acceptors (Lipinski definition) is 0. The molecule has 0 amide bonds. The second-order valence-corrected chi connectivity index (χ2v) is 0.877. The average Bonchev–Trinajstić information content (AvgIpc) is 0.722. The molecule has 6 heavy (non-hydrogen) atoms. The first-order valence-corrected chi connectivity index (χ1v) is 1.45. The quantitative estimate of drug-likeness (QED) is 0.579. The Bertz CT molecular complexity index is 18.8. The van der Waals surface area contributed by atoms with Crippen LogP contribution in [0.5, 0.6) is 0 Å². The minimum Gasteiger partial charge on any atom is -0.714 e. The van der Waals surface area contributed by atoms with Crippen molar-refractivity contribution in [2.75, 3.05) is 13.1 Å². The second-order valence-electron chi connectivity index (χ2n) is 0.877. The summed E-state index contributed by atoms with van der Waals surface area (Å²) in [4.78, 5) is 0. The van der Waals surface area contributed by atoms with Crippen LogP contribution < -0.4 is 0 Å². The van der Waals surface area contributed by atoms with Crippen molar-refractivity contribution in [3.8, 4) is 0 Å². The third-order valence-corrected chi connectivity index (χ3v) is 0.516. The van der Waals surface area contributed by atoms with Crippen LogP contribution in [0.3, 0.4) is 0 Å². The first-order valence-electron chi connectivity index (χ1n) is 1.45. The van der Waals surface area contributed by atoms with Crippen molar-refractivity contribution in [1.82, 2.24) is 0 Å².